The first-order valence-electron chi connectivity index (χ1n) is 8.06. The minimum absolute atomic E-state index is 0.207. The third-order valence-electron chi connectivity index (χ3n) is 3.85. The molecule has 0 aliphatic carbocycles. The molecule has 21 heavy (non-hydrogen) atoms. The summed E-state index contributed by atoms with van der Waals surface area (Å²) in [5.41, 5.74) is 2.02. The van der Waals surface area contributed by atoms with Crippen LogP contribution in [0.3, 0.4) is 0 Å². The maximum Gasteiger partial charge on any atom is 0.0847 e. The van der Waals surface area contributed by atoms with Gasteiger partial charge in [0.1, 0.15) is 0 Å². The van der Waals surface area contributed by atoms with Crippen molar-refractivity contribution in [2.45, 2.75) is 72.1 Å². The highest BCUT2D eigenvalue weighted by atomic mass is 35.5. The van der Waals surface area contributed by atoms with Gasteiger partial charge in [-0.1, -0.05) is 31.9 Å². The number of aromatic nitrogens is 2. The van der Waals surface area contributed by atoms with Crippen LogP contribution in [0, 0.1) is 6.92 Å². The Morgan fingerprint density at radius 3 is 2.52 bits per heavy atom. The summed E-state index contributed by atoms with van der Waals surface area (Å²) < 4.78 is 7.72. The van der Waals surface area contributed by atoms with E-state index in [-0.39, 0.29) is 12.1 Å². The predicted molar refractivity (Wildman–Crippen MR) is 89.1 cm³/mol. The molecule has 0 saturated heterocycles. The Kier molecular flexibility index (Phi) is 8.30. The summed E-state index contributed by atoms with van der Waals surface area (Å²) in [5.74, 6) is 0. The van der Waals surface area contributed by atoms with Crippen LogP contribution in [0.25, 0.3) is 0 Å². The minimum atomic E-state index is 0.207. The third-order valence-corrected chi connectivity index (χ3v) is 4.34. The standard InChI is InChI=1S/C16H30ClN3O/c1-6-9-15(21-5)13(18-10-7-2)11-14-16(17)12(4)19-20(14)8-3/h13,15,18H,6-11H2,1-5H3. The summed E-state index contributed by atoms with van der Waals surface area (Å²) in [6.45, 7) is 10.3. The van der Waals surface area contributed by atoms with Crippen LogP contribution in [-0.4, -0.2) is 35.6 Å². The molecule has 1 heterocycles. The molecule has 0 aliphatic heterocycles. The lowest BCUT2D eigenvalue weighted by atomic mass is 10.0. The monoisotopic (exact) mass is 315 g/mol. The second-order valence-corrected chi connectivity index (χ2v) is 5.87. The lowest BCUT2D eigenvalue weighted by molar-refractivity contribution is 0.0603. The molecule has 0 radical (unpaired) electrons. The molecular weight excluding hydrogens is 286 g/mol. The third kappa shape index (κ3) is 4.97. The van der Waals surface area contributed by atoms with Gasteiger partial charge in [0, 0.05) is 26.1 Å². The number of nitrogens with zero attached hydrogens (tertiary/aromatic N) is 2. The van der Waals surface area contributed by atoms with Crippen molar-refractivity contribution in [1.82, 2.24) is 15.1 Å². The van der Waals surface area contributed by atoms with Gasteiger partial charge in [-0.15, -0.1) is 0 Å². The van der Waals surface area contributed by atoms with Gasteiger partial charge in [0.05, 0.1) is 22.5 Å². The Balaban J connectivity index is 2.94. The highest BCUT2D eigenvalue weighted by Gasteiger charge is 2.24. The van der Waals surface area contributed by atoms with Crippen molar-refractivity contribution in [2.24, 2.45) is 0 Å². The topological polar surface area (TPSA) is 39.1 Å². The molecule has 4 nitrogen and oxygen atoms in total. The molecule has 1 N–H and O–H groups in total. The van der Waals surface area contributed by atoms with Crippen LogP contribution in [0.15, 0.2) is 0 Å². The lowest BCUT2D eigenvalue weighted by Gasteiger charge is -2.27. The number of ether oxygens (including phenoxy) is 1. The Hall–Kier alpha value is -0.580. The van der Waals surface area contributed by atoms with E-state index in [1.54, 1.807) is 7.11 Å². The molecule has 2 atom stereocenters. The second kappa shape index (κ2) is 9.44. The molecule has 0 spiro atoms. The molecule has 2 unspecified atom stereocenters. The van der Waals surface area contributed by atoms with Crippen LogP contribution in [-0.2, 0) is 17.7 Å². The van der Waals surface area contributed by atoms with E-state index in [2.05, 4.69) is 31.2 Å². The summed E-state index contributed by atoms with van der Waals surface area (Å²) in [6, 6.07) is 0.272. The second-order valence-electron chi connectivity index (χ2n) is 5.49. The van der Waals surface area contributed by atoms with Crippen molar-refractivity contribution in [2.75, 3.05) is 13.7 Å². The predicted octanol–water partition coefficient (Wildman–Crippen LogP) is 3.59. The zero-order chi connectivity index (χ0) is 15.8. The zero-order valence-electron chi connectivity index (χ0n) is 14.1. The highest BCUT2D eigenvalue weighted by Crippen LogP contribution is 2.23. The highest BCUT2D eigenvalue weighted by molar-refractivity contribution is 6.31. The SMILES string of the molecule is CCCNC(Cc1c(Cl)c(C)nn1CC)C(CCC)OC. The molecule has 0 aromatic carbocycles. The average molecular weight is 316 g/mol. The summed E-state index contributed by atoms with van der Waals surface area (Å²) in [4.78, 5) is 0. The normalized spacial score (nSPS) is 14.4. The number of hydrogen-bond acceptors (Lipinski definition) is 3. The van der Waals surface area contributed by atoms with Crippen molar-refractivity contribution in [3.05, 3.63) is 16.4 Å². The van der Waals surface area contributed by atoms with Gasteiger partial charge < -0.3 is 10.1 Å². The first-order valence-corrected chi connectivity index (χ1v) is 8.44. The van der Waals surface area contributed by atoms with Gasteiger partial charge >= 0.3 is 0 Å². The Morgan fingerprint density at radius 2 is 2.00 bits per heavy atom. The van der Waals surface area contributed by atoms with Gasteiger partial charge in [-0.05, 0) is 33.2 Å². The molecule has 1 aromatic rings. The maximum atomic E-state index is 6.44. The Bertz CT molecular complexity index is 420. The van der Waals surface area contributed by atoms with Crippen LogP contribution >= 0.6 is 11.6 Å². The van der Waals surface area contributed by atoms with E-state index in [4.69, 9.17) is 16.3 Å². The molecule has 1 rings (SSSR count). The fraction of sp³-hybridized carbons (Fsp3) is 0.812. The first-order chi connectivity index (χ1) is 10.1. The number of aryl methyl sites for hydroxylation is 2. The van der Waals surface area contributed by atoms with Crippen molar-refractivity contribution in [3.63, 3.8) is 0 Å². The molecule has 0 fully saturated rings. The summed E-state index contributed by atoms with van der Waals surface area (Å²) in [7, 11) is 1.80. The molecule has 0 saturated carbocycles. The molecule has 0 aliphatic rings. The number of halogens is 1. The molecule has 122 valence electrons. The van der Waals surface area contributed by atoms with Crippen LogP contribution in [0.4, 0.5) is 0 Å². The summed E-state index contributed by atoms with van der Waals surface area (Å²) in [6.07, 6.45) is 4.33. The van der Waals surface area contributed by atoms with Gasteiger partial charge in [0.2, 0.25) is 0 Å². The van der Waals surface area contributed by atoms with Crippen LogP contribution in [0.2, 0.25) is 5.02 Å². The largest absolute Gasteiger partial charge is 0.380 e. The fourth-order valence-electron chi connectivity index (χ4n) is 2.70. The quantitative estimate of drug-likeness (QED) is 0.717. The van der Waals surface area contributed by atoms with Crippen molar-refractivity contribution in [1.29, 1.82) is 0 Å². The van der Waals surface area contributed by atoms with Crippen LogP contribution in [0.1, 0.15) is 51.4 Å². The van der Waals surface area contributed by atoms with E-state index in [1.165, 1.54) is 0 Å². The number of methoxy groups -OCH3 is 1. The van der Waals surface area contributed by atoms with Crippen LogP contribution in [0.5, 0.6) is 0 Å². The molecule has 0 bridgehead atoms. The minimum Gasteiger partial charge on any atom is -0.380 e. The van der Waals surface area contributed by atoms with Gasteiger partial charge in [0.25, 0.3) is 0 Å². The number of rotatable bonds is 10. The Labute approximate surface area is 134 Å². The summed E-state index contributed by atoms with van der Waals surface area (Å²) in [5, 5.41) is 8.92. The van der Waals surface area contributed by atoms with E-state index < -0.39 is 0 Å². The van der Waals surface area contributed by atoms with Crippen LogP contribution < -0.4 is 5.32 Å². The molecular formula is C16H30ClN3O. The zero-order valence-corrected chi connectivity index (χ0v) is 14.8. The number of nitrogens with one attached hydrogen (secondary N) is 1. The van der Waals surface area contributed by atoms with E-state index in [1.807, 2.05) is 11.6 Å². The average Bonchev–Trinajstić information content (AvgIpc) is 2.76. The number of hydrogen-bond donors (Lipinski definition) is 1. The molecule has 5 heteroatoms. The van der Waals surface area contributed by atoms with E-state index >= 15 is 0 Å². The fourth-order valence-corrected chi connectivity index (χ4v) is 2.92. The molecule has 0 amide bonds. The first kappa shape index (κ1) is 18.5. The van der Waals surface area contributed by atoms with E-state index in [0.717, 1.165) is 55.2 Å². The van der Waals surface area contributed by atoms with Gasteiger partial charge in [-0.25, -0.2) is 0 Å². The molecule has 1 aromatic heterocycles. The lowest BCUT2D eigenvalue weighted by Crippen LogP contribution is -2.43. The summed E-state index contributed by atoms with van der Waals surface area (Å²) >= 11 is 6.44. The van der Waals surface area contributed by atoms with Gasteiger partial charge in [-0.2, -0.15) is 5.10 Å². The van der Waals surface area contributed by atoms with Crippen molar-refractivity contribution in [3.8, 4) is 0 Å². The smallest absolute Gasteiger partial charge is 0.0847 e. The Morgan fingerprint density at radius 1 is 1.29 bits per heavy atom. The van der Waals surface area contributed by atoms with Crippen molar-refractivity contribution >= 4 is 11.6 Å². The maximum absolute atomic E-state index is 6.44. The van der Waals surface area contributed by atoms with Gasteiger partial charge in [-0.3, -0.25) is 4.68 Å². The van der Waals surface area contributed by atoms with Gasteiger partial charge in [0.15, 0.2) is 0 Å². The van der Waals surface area contributed by atoms with Crippen molar-refractivity contribution < 1.29 is 4.74 Å². The van der Waals surface area contributed by atoms with E-state index in [0.29, 0.717) is 0 Å². The van der Waals surface area contributed by atoms with E-state index in [9.17, 15) is 0 Å².